The van der Waals surface area contributed by atoms with Crippen LogP contribution in [-0.4, -0.2) is 32.4 Å². The van der Waals surface area contributed by atoms with Crippen molar-refractivity contribution >= 4 is 29.1 Å². The molecule has 15 heavy (non-hydrogen) atoms. The molecular weight excluding hydrogens is 241 g/mol. The van der Waals surface area contributed by atoms with Gasteiger partial charge in [0, 0.05) is 12.1 Å². The van der Waals surface area contributed by atoms with E-state index in [4.69, 9.17) is 23.2 Å². The van der Waals surface area contributed by atoms with Crippen molar-refractivity contribution in [3.8, 4) is 0 Å². The molecule has 0 saturated carbocycles. The maximum atomic E-state index is 11.5. The fraction of sp³-hybridized carbons (Fsp3) is 0.500. The molecule has 1 aromatic heterocycles. The minimum absolute atomic E-state index is 0.120. The maximum absolute atomic E-state index is 11.5. The first kappa shape index (κ1) is 10.6. The summed E-state index contributed by atoms with van der Waals surface area (Å²) in [5.74, 6) is -0.328. The zero-order valence-electron chi connectivity index (χ0n) is 7.72. The van der Waals surface area contributed by atoms with E-state index >= 15 is 0 Å². The molecule has 0 aromatic carbocycles. The standard InChI is InChI=1S/C8H9Cl2N3O2/c9-6(10)8(15)13-2-1-4-5(3-13)11-12-7(4)14/h6H,1-3H2,(H2,11,12,14). The van der Waals surface area contributed by atoms with Crippen LogP contribution < -0.4 is 5.56 Å². The van der Waals surface area contributed by atoms with Crippen molar-refractivity contribution in [2.75, 3.05) is 6.54 Å². The Morgan fingerprint density at radius 2 is 2.13 bits per heavy atom. The number of nitrogens with one attached hydrogen (secondary N) is 2. The number of rotatable bonds is 1. The lowest BCUT2D eigenvalue weighted by Gasteiger charge is -2.26. The highest BCUT2D eigenvalue weighted by atomic mass is 35.5. The fourth-order valence-corrected chi connectivity index (χ4v) is 1.94. The number of halogens is 2. The number of alkyl halides is 2. The van der Waals surface area contributed by atoms with Crippen LogP contribution in [0.15, 0.2) is 4.79 Å². The first-order valence-electron chi connectivity index (χ1n) is 4.45. The Morgan fingerprint density at radius 1 is 1.40 bits per heavy atom. The molecule has 2 heterocycles. The van der Waals surface area contributed by atoms with Crippen LogP contribution in [0.3, 0.4) is 0 Å². The van der Waals surface area contributed by atoms with Crippen molar-refractivity contribution in [1.82, 2.24) is 15.1 Å². The Bertz CT molecular complexity index is 437. The van der Waals surface area contributed by atoms with Crippen LogP contribution in [-0.2, 0) is 17.8 Å². The zero-order valence-corrected chi connectivity index (χ0v) is 9.23. The first-order valence-corrected chi connectivity index (χ1v) is 5.32. The second kappa shape index (κ2) is 3.90. The Kier molecular flexibility index (Phi) is 2.75. The number of aromatic amines is 2. The summed E-state index contributed by atoms with van der Waals surface area (Å²) in [5.41, 5.74) is 1.32. The van der Waals surface area contributed by atoms with Gasteiger partial charge in [-0.1, -0.05) is 23.2 Å². The predicted octanol–water partition coefficient (Wildman–Crippen LogP) is 0.391. The molecule has 2 rings (SSSR count). The topological polar surface area (TPSA) is 69.0 Å². The number of carbonyl (C=O) groups excluding carboxylic acids is 1. The summed E-state index contributed by atoms with van der Waals surface area (Å²) >= 11 is 11.0. The van der Waals surface area contributed by atoms with Gasteiger partial charge in [-0.05, 0) is 6.42 Å². The molecular formula is C8H9Cl2N3O2. The van der Waals surface area contributed by atoms with E-state index in [1.54, 1.807) is 0 Å². The van der Waals surface area contributed by atoms with E-state index in [2.05, 4.69) is 10.2 Å². The van der Waals surface area contributed by atoms with Gasteiger partial charge in [-0.2, -0.15) is 0 Å². The van der Waals surface area contributed by atoms with E-state index in [1.165, 1.54) is 4.90 Å². The van der Waals surface area contributed by atoms with Gasteiger partial charge in [-0.15, -0.1) is 0 Å². The van der Waals surface area contributed by atoms with Crippen LogP contribution >= 0.6 is 23.2 Å². The lowest BCUT2D eigenvalue weighted by atomic mass is 10.1. The fourth-order valence-electron chi connectivity index (χ4n) is 1.66. The van der Waals surface area contributed by atoms with Gasteiger partial charge in [0.2, 0.25) is 0 Å². The summed E-state index contributed by atoms with van der Waals surface area (Å²) in [6, 6.07) is 0. The smallest absolute Gasteiger partial charge is 0.267 e. The number of H-pyrrole nitrogens is 2. The van der Waals surface area contributed by atoms with Gasteiger partial charge in [-0.25, -0.2) is 0 Å². The summed E-state index contributed by atoms with van der Waals surface area (Å²) in [7, 11) is 0. The molecule has 0 bridgehead atoms. The number of carbonyl (C=O) groups is 1. The minimum Gasteiger partial charge on any atom is -0.334 e. The van der Waals surface area contributed by atoms with E-state index in [0.29, 0.717) is 25.1 Å². The zero-order chi connectivity index (χ0) is 11.0. The molecule has 0 unspecified atom stereocenters. The van der Waals surface area contributed by atoms with E-state index in [9.17, 15) is 9.59 Å². The van der Waals surface area contributed by atoms with E-state index in [-0.39, 0.29) is 11.5 Å². The number of fused-ring (bicyclic) bond motifs is 1. The van der Waals surface area contributed by atoms with Gasteiger partial charge in [0.25, 0.3) is 11.5 Å². The van der Waals surface area contributed by atoms with Crippen LogP contribution in [0.5, 0.6) is 0 Å². The molecule has 0 fully saturated rings. The van der Waals surface area contributed by atoms with Gasteiger partial charge in [0.15, 0.2) is 4.84 Å². The molecule has 0 saturated heterocycles. The second-order valence-corrected chi connectivity index (χ2v) is 4.44. The average molecular weight is 250 g/mol. The lowest BCUT2D eigenvalue weighted by molar-refractivity contribution is -0.130. The van der Waals surface area contributed by atoms with E-state index < -0.39 is 4.84 Å². The van der Waals surface area contributed by atoms with Crippen LogP contribution in [0.2, 0.25) is 0 Å². The lowest BCUT2D eigenvalue weighted by Crippen LogP contribution is -2.39. The number of amides is 1. The first-order chi connectivity index (χ1) is 7.09. The van der Waals surface area contributed by atoms with E-state index in [1.807, 2.05) is 0 Å². The van der Waals surface area contributed by atoms with Crippen LogP contribution in [0.1, 0.15) is 11.3 Å². The monoisotopic (exact) mass is 249 g/mol. The van der Waals surface area contributed by atoms with Gasteiger partial charge in [0.1, 0.15) is 0 Å². The normalized spacial score (nSPS) is 15.5. The summed E-state index contributed by atoms with van der Waals surface area (Å²) in [5, 5.41) is 5.22. The molecule has 1 amide bonds. The average Bonchev–Trinajstić information content (AvgIpc) is 2.59. The third kappa shape index (κ3) is 1.89. The van der Waals surface area contributed by atoms with Crippen molar-refractivity contribution in [3.05, 3.63) is 21.6 Å². The second-order valence-electron chi connectivity index (χ2n) is 3.35. The highest BCUT2D eigenvalue weighted by Gasteiger charge is 2.26. The summed E-state index contributed by atoms with van der Waals surface area (Å²) in [6.07, 6.45) is 0.528. The van der Waals surface area contributed by atoms with Gasteiger partial charge >= 0.3 is 0 Å². The number of nitrogens with zero attached hydrogens (tertiary/aromatic N) is 1. The number of hydrogen-bond donors (Lipinski definition) is 2. The number of aromatic nitrogens is 2. The highest BCUT2D eigenvalue weighted by molar-refractivity contribution is 6.53. The summed E-state index contributed by atoms with van der Waals surface area (Å²) in [6.45, 7) is 0.825. The summed E-state index contributed by atoms with van der Waals surface area (Å²) < 4.78 is 0. The highest BCUT2D eigenvalue weighted by Crippen LogP contribution is 2.16. The predicted molar refractivity (Wildman–Crippen MR) is 56.0 cm³/mol. The third-order valence-electron chi connectivity index (χ3n) is 2.44. The SMILES string of the molecule is O=C(C(Cl)Cl)N1CCc2c([nH][nH]c2=O)C1. The Hall–Kier alpha value is -0.940. The largest absolute Gasteiger partial charge is 0.334 e. The molecule has 0 spiro atoms. The molecule has 5 nitrogen and oxygen atoms in total. The van der Waals surface area contributed by atoms with Crippen LogP contribution in [0.4, 0.5) is 0 Å². The third-order valence-corrected chi connectivity index (χ3v) is 2.82. The molecule has 0 radical (unpaired) electrons. The Labute approximate surface area is 95.3 Å². The van der Waals surface area contributed by atoms with Crippen molar-refractivity contribution in [1.29, 1.82) is 0 Å². The molecule has 1 aromatic rings. The van der Waals surface area contributed by atoms with Crippen molar-refractivity contribution < 1.29 is 4.79 Å². The number of hydrogen-bond acceptors (Lipinski definition) is 2. The quantitative estimate of drug-likeness (QED) is 0.708. The molecule has 0 aliphatic carbocycles. The van der Waals surface area contributed by atoms with Crippen LogP contribution in [0.25, 0.3) is 0 Å². The molecule has 82 valence electrons. The molecule has 2 N–H and O–H groups in total. The minimum atomic E-state index is -1.04. The van der Waals surface area contributed by atoms with E-state index in [0.717, 1.165) is 5.69 Å². The van der Waals surface area contributed by atoms with Gasteiger partial charge in [0.05, 0.1) is 12.2 Å². The Balaban J connectivity index is 2.19. The van der Waals surface area contributed by atoms with Crippen molar-refractivity contribution in [2.45, 2.75) is 17.8 Å². The van der Waals surface area contributed by atoms with Crippen LogP contribution in [0, 0.1) is 0 Å². The van der Waals surface area contributed by atoms with Crippen molar-refractivity contribution in [2.24, 2.45) is 0 Å². The molecule has 7 heteroatoms. The van der Waals surface area contributed by atoms with Crippen molar-refractivity contribution in [3.63, 3.8) is 0 Å². The molecule has 1 aliphatic rings. The summed E-state index contributed by atoms with van der Waals surface area (Å²) in [4.78, 5) is 23.2. The molecule has 1 aliphatic heterocycles. The van der Waals surface area contributed by atoms with Gasteiger partial charge < -0.3 is 10.00 Å². The Morgan fingerprint density at radius 3 is 2.80 bits per heavy atom. The maximum Gasteiger partial charge on any atom is 0.267 e. The van der Waals surface area contributed by atoms with Gasteiger partial charge in [-0.3, -0.25) is 14.7 Å². The molecule has 0 atom stereocenters.